The fourth-order valence-corrected chi connectivity index (χ4v) is 5.31. The van der Waals surface area contributed by atoms with Crippen LogP contribution in [0.3, 0.4) is 0 Å². The molecule has 47 heavy (non-hydrogen) atoms. The lowest BCUT2D eigenvalue weighted by molar-refractivity contribution is -0.153. The molecule has 0 amide bonds. The van der Waals surface area contributed by atoms with Gasteiger partial charge in [0.15, 0.2) is 0 Å². The third-order valence-corrected chi connectivity index (χ3v) is 8.31. The van der Waals surface area contributed by atoms with E-state index < -0.39 is 58.4 Å². The Morgan fingerprint density at radius 2 is 0.936 bits per heavy atom. The minimum atomic E-state index is -4.62. The summed E-state index contributed by atoms with van der Waals surface area (Å²) in [6.45, 7) is 2.02. The summed E-state index contributed by atoms with van der Waals surface area (Å²) < 4.78 is 32.2. The monoisotopic (exact) mass is 688 g/mol. The van der Waals surface area contributed by atoms with E-state index in [0.717, 1.165) is 77.0 Å². The number of ether oxygens (including phenoxy) is 2. The molecule has 0 bridgehead atoms. The van der Waals surface area contributed by atoms with Crippen molar-refractivity contribution in [2.24, 2.45) is 0 Å². The molecule has 10 nitrogen and oxygen atoms in total. The van der Waals surface area contributed by atoms with E-state index >= 15 is 0 Å². The third-order valence-electron chi connectivity index (χ3n) is 7.36. The highest BCUT2D eigenvalue weighted by Gasteiger charge is 2.27. The van der Waals surface area contributed by atoms with Gasteiger partial charge in [-0.2, -0.15) is 0 Å². The molecule has 3 N–H and O–H groups in total. The number of allylic oxidation sites excluding steroid dienone is 6. The second-order valence-corrected chi connectivity index (χ2v) is 13.3. The topological polar surface area (TPSA) is 149 Å². The highest BCUT2D eigenvalue weighted by Crippen LogP contribution is 2.43. The Morgan fingerprint density at radius 3 is 1.38 bits per heavy atom. The highest BCUT2D eigenvalue weighted by molar-refractivity contribution is 7.47. The summed E-state index contributed by atoms with van der Waals surface area (Å²) in [4.78, 5) is 34.0. The van der Waals surface area contributed by atoms with Crippen molar-refractivity contribution in [1.82, 2.24) is 0 Å². The Balaban J connectivity index is 3.95. The van der Waals surface area contributed by atoms with E-state index in [1.165, 1.54) is 25.7 Å². The first kappa shape index (κ1) is 45.2. The average molecular weight is 689 g/mol. The predicted molar refractivity (Wildman–Crippen MR) is 187 cm³/mol. The number of carbonyl (C=O) groups is 2. The van der Waals surface area contributed by atoms with Crippen molar-refractivity contribution in [3.8, 4) is 0 Å². The van der Waals surface area contributed by atoms with Crippen molar-refractivity contribution in [2.45, 2.75) is 154 Å². The van der Waals surface area contributed by atoms with Crippen LogP contribution in [-0.4, -0.2) is 65.7 Å². The number of aliphatic hydroxyl groups is 2. The third kappa shape index (κ3) is 31.2. The van der Waals surface area contributed by atoms with Gasteiger partial charge in [-0.1, -0.05) is 115 Å². The van der Waals surface area contributed by atoms with Crippen LogP contribution in [0.4, 0.5) is 0 Å². The highest BCUT2D eigenvalue weighted by atomic mass is 31.2. The number of esters is 2. The van der Waals surface area contributed by atoms with Gasteiger partial charge in [-0.3, -0.25) is 18.6 Å². The Kier molecular flexibility index (Phi) is 31.5. The van der Waals surface area contributed by atoms with E-state index in [9.17, 15) is 29.3 Å². The molecule has 0 aliphatic heterocycles. The SMILES string of the molecule is CCCCC/C=C\C/C=C\C/C=C\CCCCCCCCC(=O)OC(CO)COP(=O)(O)OCC(CO)OC(=O)CCCCCCC. The summed E-state index contributed by atoms with van der Waals surface area (Å²) in [5.41, 5.74) is 0. The number of hydrogen-bond acceptors (Lipinski definition) is 9. The molecule has 0 aromatic heterocycles. The second-order valence-electron chi connectivity index (χ2n) is 11.9. The summed E-state index contributed by atoms with van der Waals surface area (Å²) in [6.07, 6.45) is 30.3. The summed E-state index contributed by atoms with van der Waals surface area (Å²) >= 11 is 0. The quantitative estimate of drug-likeness (QED) is 0.0265. The molecule has 0 radical (unpaired) electrons. The second kappa shape index (κ2) is 32.7. The standard InChI is InChI=1S/C36H65O10P/c1-3-5-7-9-10-11-12-13-14-15-16-17-18-19-20-21-22-24-26-28-36(40)46-34(30-38)32-44-47(41,42)43-31-33(29-37)45-35(39)27-25-23-8-6-4-2/h10-11,13-14,16-17,33-34,37-38H,3-9,12,15,18-32H2,1-2H3,(H,41,42)/b11-10-,14-13-,17-16-. The van der Waals surface area contributed by atoms with E-state index in [1.54, 1.807) is 0 Å². The molecule has 11 heteroatoms. The normalized spacial score (nSPS) is 14.6. The molecule has 0 fully saturated rings. The van der Waals surface area contributed by atoms with Gasteiger partial charge < -0.3 is 24.6 Å². The van der Waals surface area contributed by atoms with Crippen molar-refractivity contribution < 1.29 is 47.8 Å². The van der Waals surface area contributed by atoms with Gasteiger partial charge >= 0.3 is 19.8 Å². The number of carbonyl (C=O) groups excluding carboxylic acids is 2. The number of rotatable bonds is 33. The molecule has 0 spiro atoms. The first-order valence-electron chi connectivity index (χ1n) is 17.9. The number of unbranched alkanes of at least 4 members (excludes halogenated alkanes) is 13. The van der Waals surface area contributed by atoms with Crippen molar-refractivity contribution in [3.63, 3.8) is 0 Å². The van der Waals surface area contributed by atoms with Gasteiger partial charge in [0, 0.05) is 12.8 Å². The zero-order chi connectivity index (χ0) is 34.9. The maximum atomic E-state index is 12.2. The summed E-state index contributed by atoms with van der Waals surface area (Å²) in [5.74, 6) is -1.05. The van der Waals surface area contributed by atoms with E-state index in [-0.39, 0.29) is 12.8 Å². The van der Waals surface area contributed by atoms with Gasteiger partial charge in [0.05, 0.1) is 26.4 Å². The molecule has 274 valence electrons. The zero-order valence-corrected chi connectivity index (χ0v) is 30.1. The van der Waals surface area contributed by atoms with Crippen LogP contribution in [-0.2, 0) is 32.7 Å². The molecule has 0 heterocycles. The Hall–Kier alpha value is -1.81. The molecule has 0 saturated heterocycles. The maximum absolute atomic E-state index is 12.2. The summed E-state index contributed by atoms with van der Waals surface area (Å²) in [7, 11) is -4.62. The first-order valence-corrected chi connectivity index (χ1v) is 19.4. The lowest BCUT2D eigenvalue weighted by Crippen LogP contribution is -2.28. The van der Waals surface area contributed by atoms with Crippen LogP contribution < -0.4 is 0 Å². The fourth-order valence-electron chi connectivity index (χ4n) is 4.53. The minimum Gasteiger partial charge on any atom is -0.457 e. The van der Waals surface area contributed by atoms with Crippen molar-refractivity contribution in [3.05, 3.63) is 36.5 Å². The average Bonchev–Trinajstić information content (AvgIpc) is 3.05. The number of aliphatic hydroxyl groups excluding tert-OH is 2. The van der Waals surface area contributed by atoms with Crippen molar-refractivity contribution in [1.29, 1.82) is 0 Å². The molecule has 0 aromatic rings. The van der Waals surface area contributed by atoms with Crippen LogP contribution in [0.5, 0.6) is 0 Å². The Morgan fingerprint density at radius 1 is 0.574 bits per heavy atom. The van der Waals surface area contributed by atoms with Crippen LogP contribution >= 0.6 is 7.82 Å². The molecule has 0 aromatic carbocycles. The van der Waals surface area contributed by atoms with Crippen molar-refractivity contribution >= 4 is 19.8 Å². The van der Waals surface area contributed by atoms with Crippen LogP contribution in [0.15, 0.2) is 36.5 Å². The van der Waals surface area contributed by atoms with E-state index in [1.807, 2.05) is 0 Å². The van der Waals surface area contributed by atoms with Crippen LogP contribution in [0.1, 0.15) is 142 Å². The Labute approximate surface area is 284 Å². The zero-order valence-electron chi connectivity index (χ0n) is 29.2. The van der Waals surface area contributed by atoms with Gasteiger partial charge in [0.2, 0.25) is 0 Å². The summed E-state index contributed by atoms with van der Waals surface area (Å²) in [5, 5.41) is 18.9. The van der Waals surface area contributed by atoms with Crippen LogP contribution in [0, 0.1) is 0 Å². The molecular weight excluding hydrogens is 623 g/mol. The van der Waals surface area contributed by atoms with Gasteiger partial charge in [-0.15, -0.1) is 0 Å². The molecule has 0 aliphatic carbocycles. The molecule has 3 atom stereocenters. The lowest BCUT2D eigenvalue weighted by Gasteiger charge is -2.20. The maximum Gasteiger partial charge on any atom is 0.472 e. The lowest BCUT2D eigenvalue weighted by atomic mass is 10.1. The van der Waals surface area contributed by atoms with Gasteiger partial charge in [-0.25, -0.2) is 4.57 Å². The summed E-state index contributed by atoms with van der Waals surface area (Å²) in [6, 6.07) is 0. The minimum absolute atomic E-state index is 0.177. The molecule has 0 saturated carbocycles. The van der Waals surface area contributed by atoms with Gasteiger partial charge in [0.25, 0.3) is 0 Å². The molecule has 0 rings (SSSR count). The van der Waals surface area contributed by atoms with Gasteiger partial charge in [-0.05, 0) is 51.4 Å². The predicted octanol–water partition coefficient (Wildman–Crippen LogP) is 8.44. The van der Waals surface area contributed by atoms with Crippen molar-refractivity contribution in [2.75, 3.05) is 26.4 Å². The Bertz CT molecular complexity index is 889. The smallest absolute Gasteiger partial charge is 0.457 e. The molecule has 3 unspecified atom stereocenters. The molecule has 0 aliphatic rings. The fraction of sp³-hybridized carbons (Fsp3) is 0.778. The number of phosphoric acid groups is 1. The van der Waals surface area contributed by atoms with E-state index in [0.29, 0.717) is 12.8 Å². The molecular formula is C36H65O10P. The number of phosphoric ester groups is 1. The van der Waals surface area contributed by atoms with Gasteiger partial charge in [0.1, 0.15) is 12.2 Å². The van der Waals surface area contributed by atoms with Crippen LogP contribution in [0.2, 0.25) is 0 Å². The van der Waals surface area contributed by atoms with E-state index in [2.05, 4.69) is 50.3 Å². The number of hydrogen-bond donors (Lipinski definition) is 3. The van der Waals surface area contributed by atoms with Crippen LogP contribution in [0.25, 0.3) is 0 Å². The first-order chi connectivity index (χ1) is 22.8. The van der Waals surface area contributed by atoms with E-state index in [4.69, 9.17) is 18.5 Å². The largest absolute Gasteiger partial charge is 0.472 e.